The molecular weight excluding hydrogens is 240 g/mol. The van der Waals surface area contributed by atoms with Gasteiger partial charge in [0.25, 0.3) is 0 Å². The smallest absolute Gasteiger partial charge is 0.124 e. The van der Waals surface area contributed by atoms with Crippen LogP contribution < -0.4 is 11.1 Å². The fourth-order valence-corrected chi connectivity index (χ4v) is 2.22. The lowest BCUT2D eigenvalue weighted by atomic mass is 10.1. The van der Waals surface area contributed by atoms with E-state index in [1.807, 2.05) is 24.3 Å². The number of rotatable bonds is 6. The molecule has 4 N–H and O–H groups in total. The van der Waals surface area contributed by atoms with Crippen LogP contribution in [0.1, 0.15) is 12.0 Å². The maximum atomic E-state index is 7.53. The maximum Gasteiger partial charge on any atom is 0.124 e. The van der Waals surface area contributed by atoms with Crippen molar-refractivity contribution < 1.29 is 4.74 Å². The monoisotopic (exact) mass is 262 g/mol. The van der Waals surface area contributed by atoms with Gasteiger partial charge in [-0.3, -0.25) is 10.3 Å². The molecule has 1 aliphatic rings. The van der Waals surface area contributed by atoms with Gasteiger partial charge in [0.15, 0.2) is 0 Å². The Balaban J connectivity index is 1.74. The van der Waals surface area contributed by atoms with Gasteiger partial charge in [0.2, 0.25) is 0 Å². The van der Waals surface area contributed by atoms with Crippen LogP contribution in [0, 0.1) is 5.41 Å². The van der Waals surface area contributed by atoms with E-state index in [1.54, 1.807) is 0 Å². The van der Waals surface area contributed by atoms with Crippen molar-refractivity contribution in [1.29, 1.82) is 5.41 Å². The van der Waals surface area contributed by atoms with E-state index in [-0.39, 0.29) is 5.84 Å². The fourth-order valence-electron chi connectivity index (χ4n) is 2.22. The third-order valence-electron chi connectivity index (χ3n) is 3.29. The number of benzene rings is 1. The number of amidine groups is 1. The molecule has 1 aromatic rings. The Morgan fingerprint density at radius 1 is 1.32 bits per heavy atom. The van der Waals surface area contributed by atoms with Crippen LogP contribution >= 0.6 is 0 Å². The SMILES string of the molecule is N=C(N)c1ccccc1NCCCN1CCOCC1. The number of hydrogen-bond donors (Lipinski definition) is 3. The number of nitrogens with two attached hydrogens (primary N) is 1. The molecular formula is C14H22N4O. The van der Waals surface area contributed by atoms with Crippen molar-refractivity contribution >= 4 is 11.5 Å². The zero-order chi connectivity index (χ0) is 13.5. The molecule has 0 bridgehead atoms. The summed E-state index contributed by atoms with van der Waals surface area (Å²) in [5, 5.41) is 10.9. The Morgan fingerprint density at radius 2 is 2.05 bits per heavy atom. The molecule has 0 unspecified atom stereocenters. The second-order valence-corrected chi connectivity index (χ2v) is 4.69. The molecule has 0 aromatic heterocycles. The third-order valence-corrected chi connectivity index (χ3v) is 3.29. The second kappa shape index (κ2) is 7.11. The number of para-hydroxylation sites is 1. The van der Waals surface area contributed by atoms with Crippen LogP contribution in [0.5, 0.6) is 0 Å². The van der Waals surface area contributed by atoms with Crippen LogP contribution in [-0.2, 0) is 4.74 Å². The van der Waals surface area contributed by atoms with Gasteiger partial charge in [0, 0.05) is 30.9 Å². The minimum Gasteiger partial charge on any atom is -0.384 e. The minimum absolute atomic E-state index is 0.108. The van der Waals surface area contributed by atoms with Crippen LogP contribution in [0.15, 0.2) is 24.3 Å². The Bertz CT molecular complexity index is 416. The Morgan fingerprint density at radius 3 is 2.79 bits per heavy atom. The van der Waals surface area contributed by atoms with E-state index in [9.17, 15) is 0 Å². The molecule has 0 spiro atoms. The number of anilines is 1. The quantitative estimate of drug-likeness (QED) is 0.408. The Hall–Kier alpha value is -1.59. The third kappa shape index (κ3) is 4.22. The van der Waals surface area contributed by atoms with Gasteiger partial charge in [-0.25, -0.2) is 0 Å². The Labute approximate surface area is 114 Å². The second-order valence-electron chi connectivity index (χ2n) is 4.69. The summed E-state index contributed by atoms with van der Waals surface area (Å²) in [5.74, 6) is 0.108. The van der Waals surface area contributed by atoms with Crippen molar-refractivity contribution in [2.75, 3.05) is 44.7 Å². The number of nitrogen functional groups attached to an aromatic ring is 1. The molecule has 0 atom stereocenters. The standard InChI is InChI=1S/C14H22N4O/c15-14(16)12-4-1-2-5-13(12)17-6-3-7-18-8-10-19-11-9-18/h1-2,4-5,17H,3,6-11H2,(H3,15,16). The molecule has 0 aliphatic carbocycles. The highest BCUT2D eigenvalue weighted by molar-refractivity contribution is 6.00. The van der Waals surface area contributed by atoms with Gasteiger partial charge in [-0.1, -0.05) is 12.1 Å². The first kappa shape index (κ1) is 13.8. The molecule has 1 aromatic carbocycles. The largest absolute Gasteiger partial charge is 0.384 e. The first-order valence-electron chi connectivity index (χ1n) is 6.75. The van der Waals surface area contributed by atoms with E-state index in [0.717, 1.165) is 57.1 Å². The van der Waals surface area contributed by atoms with Crippen molar-refractivity contribution in [3.8, 4) is 0 Å². The van der Waals surface area contributed by atoms with Crippen molar-refractivity contribution in [3.05, 3.63) is 29.8 Å². The number of hydrogen-bond acceptors (Lipinski definition) is 4. The highest BCUT2D eigenvalue weighted by atomic mass is 16.5. The predicted molar refractivity (Wildman–Crippen MR) is 77.8 cm³/mol. The van der Waals surface area contributed by atoms with Gasteiger partial charge in [-0.15, -0.1) is 0 Å². The van der Waals surface area contributed by atoms with Crippen LogP contribution in [0.25, 0.3) is 0 Å². The molecule has 5 nitrogen and oxygen atoms in total. The molecule has 1 aliphatic heterocycles. The molecule has 19 heavy (non-hydrogen) atoms. The zero-order valence-corrected chi connectivity index (χ0v) is 11.2. The molecule has 0 saturated carbocycles. The average molecular weight is 262 g/mol. The lowest BCUT2D eigenvalue weighted by molar-refractivity contribution is 0.0378. The van der Waals surface area contributed by atoms with Crippen molar-refractivity contribution in [1.82, 2.24) is 4.90 Å². The van der Waals surface area contributed by atoms with Gasteiger partial charge in [0.1, 0.15) is 5.84 Å². The summed E-state index contributed by atoms with van der Waals surface area (Å²) in [7, 11) is 0. The van der Waals surface area contributed by atoms with E-state index in [1.165, 1.54) is 0 Å². The van der Waals surface area contributed by atoms with Gasteiger partial charge < -0.3 is 15.8 Å². The van der Waals surface area contributed by atoms with Crippen molar-refractivity contribution in [2.24, 2.45) is 5.73 Å². The number of nitrogens with one attached hydrogen (secondary N) is 2. The summed E-state index contributed by atoms with van der Waals surface area (Å²) in [5.41, 5.74) is 7.27. The van der Waals surface area contributed by atoms with Gasteiger partial charge in [-0.05, 0) is 25.1 Å². The summed E-state index contributed by atoms with van der Waals surface area (Å²) in [6.45, 7) is 5.73. The molecule has 1 saturated heterocycles. The van der Waals surface area contributed by atoms with E-state index in [0.29, 0.717) is 0 Å². The normalized spacial score (nSPS) is 16.2. The average Bonchev–Trinajstić information content (AvgIpc) is 2.45. The summed E-state index contributed by atoms with van der Waals surface area (Å²) in [6.07, 6.45) is 1.08. The van der Waals surface area contributed by atoms with Crippen molar-refractivity contribution in [2.45, 2.75) is 6.42 Å². The first-order valence-corrected chi connectivity index (χ1v) is 6.75. The minimum atomic E-state index is 0.108. The maximum absolute atomic E-state index is 7.53. The predicted octanol–water partition coefficient (Wildman–Crippen LogP) is 1.10. The highest BCUT2D eigenvalue weighted by Gasteiger charge is 2.09. The lowest BCUT2D eigenvalue weighted by Crippen LogP contribution is -2.37. The van der Waals surface area contributed by atoms with Crippen LogP contribution in [0.4, 0.5) is 5.69 Å². The van der Waals surface area contributed by atoms with E-state index < -0.39 is 0 Å². The molecule has 5 heteroatoms. The van der Waals surface area contributed by atoms with E-state index in [2.05, 4.69) is 10.2 Å². The zero-order valence-electron chi connectivity index (χ0n) is 11.2. The number of ether oxygens (including phenoxy) is 1. The summed E-state index contributed by atoms with van der Waals surface area (Å²) in [6, 6.07) is 7.69. The first-order chi connectivity index (χ1) is 9.27. The molecule has 0 radical (unpaired) electrons. The lowest BCUT2D eigenvalue weighted by Gasteiger charge is -2.26. The topological polar surface area (TPSA) is 74.4 Å². The van der Waals surface area contributed by atoms with Gasteiger partial charge in [-0.2, -0.15) is 0 Å². The number of morpholine rings is 1. The number of nitrogens with zero attached hydrogens (tertiary/aromatic N) is 1. The Kier molecular flexibility index (Phi) is 5.18. The van der Waals surface area contributed by atoms with Gasteiger partial charge in [0.05, 0.1) is 13.2 Å². The van der Waals surface area contributed by atoms with Crippen LogP contribution in [0.2, 0.25) is 0 Å². The van der Waals surface area contributed by atoms with E-state index in [4.69, 9.17) is 15.9 Å². The fraction of sp³-hybridized carbons (Fsp3) is 0.500. The molecule has 2 rings (SSSR count). The van der Waals surface area contributed by atoms with Crippen molar-refractivity contribution in [3.63, 3.8) is 0 Å². The van der Waals surface area contributed by atoms with E-state index >= 15 is 0 Å². The molecule has 1 heterocycles. The summed E-state index contributed by atoms with van der Waals surface area (Å²) in [4.78, 5) is 2.42. The summed E-state index contributed by atoms with van der Waals surface area (Å²) < 4.78 is 5.32. The molecule has 0 amide bonds. The van der Waals surface area contributed by atoms with Gasteiger partial charge >= 0.3 is 0 Å². The van der Waals surface area contributed by atoms with Crippen LogP contribution in [-0.4, -0.2) is 50.1 Å². The molecule has 104 valence electrons. The molecule has 1 fully saturated rings. The summed E-state index contributed by atoms with van der Waals surface area (Å²) >= 11 is 0. The highest BCUT2D eigenvalue weighted by Crippen LogP contribution is 2.14. The van der Waals surface area contributed by atoms with Crippen LogP contribution in [0.3, 0.4) is 0 Å².